The zero-order valence-electron chi connectivity index (χ0n) is 11.0. The second-order valence-corrected chi connectivity index (χ2v) is 4.36. The second-order valence-electron chi connectivity index (χ2n) is 3.95. The first kappa shape index (κ1) is 15.1. The van der Waals surface area contributed by atoms with Gasteiger partial charge in [-0.15, -0.1) is 0 Å². The molecule has 0 amide bonds. The van der Waals surface area contributed by atoms with Crippen LogP contribution in [-0.2, 0) is 4.74 Å². The van der Waals surface area contributed by atoms with E-state index in [0.717, 1.165) is 18.4 Å². The summed E-state index contributed by atoms with van der Waals surface area (Å²) in [6.07, 6.45) is 2.74. The highest BCUT2D eigenvalue weighted by Gasteiger charge is 2.26. The largest absolute Gasteiger partial charge is 0.394 e. The molecule has 5 nitrogen and oxygen atoms in total. The van der Waals surface area contributed by atoms with Gasteiger partial charge in [0.1, 0.15) is 10.9 Å². The van der Waals surface area contributed by atoms with Crippen molar-refractivity contribution in [3.63, 3.8) is 0 Å². The molecule has 2 unspecified atom stereocenters. The highest BCUT2D eigenvalue weighted by molar-refractivity contribution is 7.71. The summed E-state index contributed by atoms with van der Waals surface area (Å²) in [4.78, 5) is 14.3. The van der Waals surface area contributed by atoms with E-state index in [1.165, 1.54) is 4.57 Å². The molecule has 1 aliphatic heterocycles. The van der Waals surface area contributed by atoms with Gasteiger partial charge >= 0.3 is 5.69 Å². The highest BCUT2D eigenvalue weighted by atomic mass is 32.1. The first-order chi connectivity index (χ1) is 8.61. The fraction of sp³-hybridized carbons (Fsp3) is 0.667. The van der Waals surface area contributed by atoms with Crippen molar-refractivity contribution in [1.29, 1.82) is 0 Å². The Balaban J connectivity index is 0.000000771. The Kier molecular flexibility index (Phi) is 5.71. The van der Waals surface area contributed by atoms with E-state index in [9.17, 15) is 4.79 Å². The summed E-state index contributed by atoms with van der Waals surface area (Å²) < 4.78 is 7.49. The standard InChI is InChI=1S/C10H14N2O3S.C2H6/c1-6-4-12(10(14)11-9(6)16)8-3-2-7(5-13)15-8;1-2/h4,7-8,13H,2-3,5H2,1H3,(H,11,14,16);1-2H3. The fourth-order valence-corrected chi connectivity index (χ4v) is 1.97. The molecule has 1 aromatic rings. The number of hydrogen-bond donors (Lipinski definition) is 2. The Bertz CT molecular complexity index is 495. The van der Waals surface area contributed by atoms with Crippen molar-refractivity contribution in [3.8, 4) is 0 Å². The fourth-order valence-electron chi connectivity index (χ4n) is 1.83. The van der Waals surface area contributed by atoms with Crippen molar-refractivity contribution in [2.24, 2.45) is 0 Å². The van der Waals surface area contributed by atoms with E-state index < -0.39 is 0 Å². The van der Waals surface area contributed by atoms with Gasteiger partial charge in [0.15, 0.2) is 0 Å². The Hall–Kier alpha value is -0.980. The van der Waals surface area contributed by atoms with Crippen LogP contribution in [0.1, 0.15) is 38.5 Å². The number of aryl methyl sites for hydroxylation is 1. The minimum absolute atomic E-state index is 0.00688. The molecule has 2 N–H and O–H groups in total. The molecule has 1 saturated heterocycles. The Labute approximate surface area is 111 Å². The van der Waals surface area contributed by atoms with Crippen LogP contribution in [0.2, 0.25) is 0 Å². The maximum absolute atomic E-state index is 11.7. The lowest BCUT2D eigenvalue weighted by molar-refractivity contribution is -0.0246. The molecule has 1 fully saturated rings. The number of H-pyrrole nitrogens is 1. The molecule has 0 aliphatic carbocycles. The quantitative estimate of drug-likeness (QED) is 0.807. The molecule has 102 valence electrons. The molecule has 1 aliphatic rings. The van der Waals surface area contributed by atoms with Crippen LogP contribution in [0.5, 0.6) is 0 Å². The van der Waals surface area contributed by atoms with Crippen molar-refractivity contribution < 1.29 is 9.84 Å². The Morgan fingerprint density at radius 2 is 2.22 bits per heavy atom. The van der Waals surface area contributed by atoms with Gasteiger partial charge in [-0.25, -0.2) is 4.79 Å². The summed E-state index contributed by atoms with van der Waals surface area (Å²) >= 11 is 4.97. The maximum Gasteiger partial charge on any atom is 0.328 e. The third-order valence-corrected chi connectivity index (χ3v) is 3.17. The summed E-state index contributed by atoms with van der Waals surface area (Å²) in [6.45, 7) is 5.83. The van der Waals surface area contributed by atoms with Crippen molar-refractivity contribution >= 4 is 12.2 Å². The predicted molar refractivity (Wildman–Crippen MR) is 72.2 cm³/mol. The molecule has 0 spiro atoms. The molecule has 0 radical (unpaired) electrons. The van der Waals surface area contributed by atoms with Crippen LogP contribution in [-0.4, -0.2) is 27.4 Å². The lowest BCUT2D eigenvalue weighted by Crippen LogP contribution is -2.27. The molecular weight excluding hydrogens is 252 g/mol. The first-order valence-corrected chi connectivity index (χ1v) is 6.61. The average molecular weight is 272 g/mol. The zero-order valence-corrected chi connectivity index (χ0v) is 11.8. The number of rotatable bonds is 2. The van der Waals surface area contributed by atoms with Crippen LogP contribution in [0.15, 0.2) is 11.0 Å². The Morgan fingerprint density at radius 3 is 2.78 bits per heavy atom. The van der Waals surface area contributed by atoms with E-state index in [0.29, 0.717) is 4.64 Å². The predicted octanol–water partition coefficient (Wildman–Crippen LogP) is 1.91. The van der Waals surface area contributed by atoms with Gasteiger partial charge in [-0.1, -0.05) is 26.1 Å². The van der Waals surface area contributed by atoms with Crippen molar-refractivity contribution in [3.05, 3.63) is 26.9 Å². The van der Waals surface area contributed by atoms with Crippen LogP contribution < -0.4 is 5.69 Å². The van der Waals surface area contributed by atoms with Crippen LogP contribution in [0.3, 0.4) is 0 Å². The topological polar surface area (TPSA) is 67.2 Å². The second kappa shape index (κ2) is 6.82. The van der Waals surface area contributed by atoms with Crippen molar-refractivity contribution in [2.75, 3.05) is 6.61 Å². The van der Waals surface area contributed by atoms with E-state index in [-0.39, 0.29) is 24.6 Å². The number of nitrogens with zero attached hydrogens (tertiary/aromatic N) is 1. The minimum atomic E-state index is -0.296. The number of aromatic nitrogens is 2. The normalized spacial score (nSPS) is 22.4. The number of aliphatic hydroxyl groups is 1. The molecular formula is C12H20N2O3S. The van der Waals surface area contributed by atoms with E-state index in [1.54, 1.807) is 6.20 Å². The monoisotopic (exact) mass is 272 g/mol. The summed E-state index contributed by atoms with van der Waals surface area (Å²) in [5.74, 6) is 0. The van der Waals surface area contributed by atoms with Gasteiger partial charge in [-0.05, 0) is 19.8 Å². The molecule has 0 saturated carbocycles. The van der Waals surface area contributed by atoms with Gasteiger partial charge < -0.3 is 9.84 Å². The number of aromatic amines is 1. The third kappa shape index (κ3) is 3.28. The van der Waals surface area contributed by atoms with E-state index in [4.69, 9.17) is 22.1 Å². The van der Waals surface area contributed by atoms with E-state index >= 15 is 0 Å². The van der Waals surface area contributed by atoms with Gasteiger partial charge in [0.05, 0.1) is 12.7 Å². The van der Waals surface area contributed by atoms with E-state index in [2.05, 4.69) is 4.98 Å². The third-order valence-electron chi connectivity index (χ3n) is 2.74. The minimum Gasteiger partial charge on any atom is -0.394 e. The van der Waals surface area contributed by atoms with Crippen molar-refractivity contribution in [1.82, 2.24) is 9.55 Å². The number of nitrogens with one attached hydrogen (secondary N) is 1. The van der Waals surface area contributed by atoms with E-state index in [1.807, 2.05) is 20.8 Å². The molecule has 2 heterocycles. The lowest BCUT2D eigenvalue weighted by atomic mass is 10.2. The maximum atomic E-state index is 11.7. The summed E-state index contributed by atoms with van der Waals surface area (Å²) in [5.41, 5.74) is 0.574. The first-order valence-electron chi connectivity index (χ1n) is 6.20. The van der Waals surface area contributed by atoms with Gasteiger partial charge in [0.25, 0.3) is 0 Å². The summed E-state index contributed by atoms with van der Waals surface area (Å²) in [5, 5.41) is 8.96. The number of hydrogen-bond acceptors (Lipinski definition) is 4. The van der Waals surface area contributed by atoms with Crippen molar-refractivity contribution in [2.45, 2.75) is 45.9 Å². The van der Waals surface area contributed by atoms with Crippen LogP contribution in [0, 0.1) is 11.6 Å². The number of ether oxygens (including phenoxy) is 1. The molecule has 1 aromatic heterocycles. The molecule has 6 heteroatoms. The molecule has 2 atom stereocenters. The zero-order chi connectivity index (χ0) is 13.7. The van der Waals surface area contributed by atoms with Gasteiger partial charge in [0.2, 0.25) is 0 Å². The Morgan fingerprint density at radius 1 is 1.56 bits per heavy atom. The van der Waals surface area contributed by atoms with Crippen LogP contribution in [0.25, 0.3) is 0 Å². The summed E-state index contributed by atoms with van der Waals surface area (Å²) in [7, 11) is 0. The molecule has 0 aromatic carbocycles. The summed E-state index contributed by atoms with van der Waals surface area (Å²) in [6, 6.07) is 0. The molecule has 2 rings (SSSR count). The lowest BCUT2D eigenvalue weighted by Gasteiger charge is -2.15. The average Bonchev–Trinajstić information content (AvgIpc) is 2.85. The van der Waals surface area contributed by atoms with Gasteiger partial charge in [-0.2, -0.15) is 0 Å². The molecule has 0 bridgehead atoms. The smallest absolute Gasteiger partial charge is 0.328 e. The number of aliphatic hydroxyl groups excluding tert-OH is 1. The highest BCUT2D eigenvalue weighted by Crippen LogP contribution is 2.26. The van der Waals surface area contributed by atoms with Gasteiger partial charge in [0, 0.05) is 11.8 Å². The van der Waals surface area contributed by atoms with Crippen LogP contribution in [0.4, 0.5) is 0 Å². The van der Waals surface area contributed by atoms with Gasteiger partial charge in [-0.3, -0.25) is 9.55 Å². The van der Waals surface area contributed by atoms with Crippen LogP contribution >= 0.6 is 12.2 Å². The molecule has 18 heavy (non-hydrogen) atoms. The SMILES string of the molecule is CC.Cc1cn(C2CCC(CO)O2)c(=O)[nH]c1=S.